The summed E-state index contributed by atoms with van der Waals surface area (Å²) in [6.45, 7) is 2.04. The van der Waals surface area contributed by atoms with Gasteiger partial charge in [-0.15, -0.1) is 0 Å². The summed E-state index contributed by atoms with van der Waals surface area (Å²) in [5, 5.41) is 15.6. The van der Waals surface area contributed by atoms with E-state index < -0.39 is 5.60 Å². The Morgan fingerprint density at radius 2 is 2.06 bits per heavy atom. The summed E-state index contributed by atoms with van der Waals surface area (Å²) in [6.07, 6.45) is 7.78. The first-order chi connectivity index (χ1) is 8.03. The summed E-state index contributed by atoms with van der Waals surface area (Å²) in [5.74, 6) is 0.622. The summed E-state index contributed by atoms with van der Waals surface area (Å²) >= 11 is 1.57. The Morgan fingerprint density at radius 3 is 2.65 bits per heavy atom. The molecule has 1 rings (SSSR count). The fourth-order valence-electron chi connectivity index (χ4n) is 2.12. The van der Waals surface area contributed by atoms with Gasteiger partial charge in [0, 0.05) is 18.3 Å². The van der Waals surface area contributed by atoms with Crippen LogP contribution in [0.1, 0.15) is 39.0 Å². The van der Waals surface area contributed by atoms with Gasteiger partial charge in [0.2, 0.25) is 0 Å². The molecule has 4 nitrogen and oxygen atoms in total. The molecule has 3 N–H and O–H groups in total. The van der Waals surface area contributed by atoms with E-state index in [1.54, 1.807) is 18.7 Å². The van der Waals surface area contributed by atoms with Gasteiger partial charge in [0.25, 0.3) is 0 Å². The van der Waals surface area contributed by atoms with Crippen molar-refractivity contribution in [3.05, 3.63) is 0 Å². The highest BCUT2D eigenvalue weighted by Crippen LogP contribution is 2.17. The van der Waals surface area contributed by atoms with E-state index in [9.17, 15) is 9.90 Å². The van der Waals surface area contributed by atoms with E-state index in [4.69, 9.17) is 0 Å². The van der Waals surface area contributed by atoms with Crippen LogP contribution in [-0.2, 0) is 0 Å². The second-order valence-corrected chi connectivity index (χ2v) is 5.96. The highest BCUT2D eigenvalue weighted by Gasteiger charge is 2.21. The van der Waals surface area contributed by atoms with E-state index in [0.717, 1.165) is 12.8 Å². The number of hydrogen-bond donors (Lipinski definition) is 3. The minimum Gasteiger partial charge on any atom is -0.387 e. The summed E-state index contributed by atoms with van der Waals surface area (Å²) in [7, 11) is 0. The van der Waals surface area contributed by atoms with Crippen LogP contribution in [0.3, 0.4) is 0 Å². The quantitative estimate of drug-likeness (QED) is 0.705. The Morgan fingerprint density at radius 1 is 1.41 bits per heavy atom. The Bertz CT molecular complexity index is 241. The molecule has 0 unspecified atom stereocenters. The Hall–Kier alpha value is -0.420. The second-order valence-electron chi connectivity index (χ2n) is 5.09. The van der Waals surface area contributed by atoms with Crippen molar-refractivity contribution < 1.29 is 9.90 Å². The first kappa shape index (κ1) is 14.6. The molecule has 2 amide bonds. The smallest absolute Gasteiger partial charge is 0.315 e. The molecule has 1 fully saturated rings. The van der Waals surface area contributed by atoms with E-state index in [2.05, 4.69) is 10.6 Å². The van der Waals surface area contributed by atoms with Gasteiger partial charge in [-0.1, -0.05) is 19.3 Å². The molecular formula is C12H24N2O2S. The zero-order valence-corrected chi connectivity index (χ0v) is 11.6. The minimum atomic E-state index is -0.830. The van der Waals surface area contributed by atoms with Crippen LogP contribution >= 0.6 is 11.8 Å². The molecule has 0 saturated heterocycles. The lowest BCUT2D eigenvalue weighted by Crippen LogP contribution is -2.48. The lowest BCUT2D eigenvalue weighted by atomic mass is 9.96. The molecule has 0 aliphatic heterocycles. The zero-order chi connectivity index (χ0) is 12.7. The normalized spacial score (nSPS) is 20.6. The largest absolute Gasteiger partial charge is 0.387 e. The van der Waals surface area contributed by atoms with Crippen molar-refractivity contribution in [3.63, 3.8) is 0 Å². The maximum Gasteiger partial charge on any atom is 0.315 e. The van der Waals surface area contributed by atoms with Crippen molar-refractivity contribution in [1.29, 1.82) is 0 Å². The number of carbonyl (C=O) groups is 1. The van der Waals surface area contributed by atoms with Gasteiger partial charge in [0.15, 0.2) is 0 Å². The number of aliphatic hydroxyl groups is 1. The summed E-state index contributed by atoms with van der Waals surface area (Å²) in [6, 6.07) is 0.160. The summed E-state index contributed by atoms with van der Waals surface area (Å²) < 4.78 is 0. The van der Waals surface area contributed by atoms with Crippen LogP contribution < -0.4 is 10.6 Å². The van der Waals surface area contributed by atoms with Gasteiger partial charge in [-0.2, -0.15) is 11.8 Å². The molecule has 1 saturated carbocycles. The van der Waals surface area contributed by atoms with Crippen LogP contribution in [0.25, 0.3) is 0 Å². The summed E-state index contributed by atoms with van der Waals surface area (Å²) in [5.41, 5.74) is -0.830. The standard InChI is InChI=1S/C12H24N2O2S/c1-12(16,9-17-2)8-13-11(15)14-10-6-4-3-5-7-10/h10,16H,3-9H2,1-2H3,(H2,13,14,15)/t12-/m1/s1. The number of nitrogens with one attached hydrogen (secondary N) is 2. The molecule has 100 valence electrons. The fraction of sp³-hybridized carbons (Fsp3) is 0.917. The Labute approximate surface area is 108 Å². The Kier molecular flexibility index (Phi) is 6.12. The lowest BCUT2D eigenvalue weighted by molar-refractivity contribution is 0.0867. The molecule has 0 heterocycles. The number of amides is 2. The first-order valence-electron chi connectivity index (χ1n) is 6.29. The monoisotopic (exact) mass is 260 g/mol. The maximum atomic E-state index is 11.6. The number of hydrogen-bond acceptors (Lipinski definition) is 3. The molecular weight excluding hydrogens is 236 g/mol. The predicted molar refractivity (Wildman–Crippen MR) is 72.4 cm³/mol. The molecule has 1 atom stereocenters. The number of carbonyl (C=O) groups excluding carboxylic acids is 1. The van der Waals surface area contributed by atoms with Gasteiger partial charge in [-0.25, -0.2) is 4.79 Å². The molecule has 0 bridgehead atoms. The first-order valence-corrected chi connectivity index (χ1v) is 7.68. The van der Waals surface area contributed by atoms with Crippen LogP contribution in [0.5, 0.6) is 0 Å². The van der Waals surface area contributed by atoms with Gasteiger partial charge in [-0.05, 0) is 26.0 Å². The third-order valence-corrected chi connectivity index (χ3v) is 3.94. The van der Waals surface area contributed by atoms with Gasteiger partial charge in [0.05, 0.1) is 5.60 Å². The molecule has 1 aliphatic rings. The topological polar surface area (TPSA) is 61.4 Å². The maximum absolute atomic E-state index is 11.6. The molecule has 0 aromatic carbocycles. The van der Waals surface area contributed by atoms with Gasteiger partial charge >= 0.3 is 6.03 Å². The summed E-state index contributed by atoms with van der Waals surface area (Å²) in [4.78, 5) is 11.6. The van der Waals surface area contributed by atoms with Crippen LogP contribution in [0.4, 0.5) is 4.79 Å². The Balaban J connectivity index is 2.20. The van der Waals surface area contributed by atoms with Crippen LogP contribution in [0.15, 0.2) is 0 Å². The van der Waals surface area contributed by atoms with Crippen LogP contribution in [-0.4, -0.2) is 41.3 Å². The van der Waals surface area contributed by atoms with Crippen molar-refractivity contribution in [3.8, 4) is 0 Å². The molecule has 0 spiro atoms. The lowest BCUT2D eigenvalue weighted by Gasteiger charge is -2.25. The minimum absolute atomic E-state index is 0.154. The highest BCUT2D eigenvalue weighted by molar-refractivity contribution is 7.98. The third kappa shape index (κ3) is 6.17. The molecule has 0 aromatic heterocycles. The number of urea groups is 1. The van der Waals surface area contributed by atoms with E-state index in [1.807, 2.05) is 6.26 Å². The fourth-order valence-corrected chi connectivity index (χ4v) is 2.84. The van der Waals surface area contributed by atoms with Gasteiger partial charge in [-0.3, -0.25) is 0 Å². The third-order valence-electron chi connectivity index (χ3n) is 3.03. The second kappa shape index (κ2) is 7.11. The van der Waals surface area contributed by atoms with Crippen LogP contribution in [0, 0.1) is 0 Å². The van der Waals surface area contributed by atoms with Crippen molar-refractivity contribution in [1.82, 2.24) is 10.6 Å². The molecule has 5 heteroatoms. The molecule has 0 aromatic rings. The highest BCUT2D eigenvalue weighted by atomic mass is 32.2. The van der Waals surface area contributed by atoms with E-state index in [-0.39, 0.29) is 6.03 Å². The number of rotatable bonds is 5. The van der Waals surface area contributed by atoms with E-state index in [0.29, 0.717) is 18.3 Å². The van der Waals surface area contributed by atoms with Gasteiger partial charge in [0.1, 0.15) is 0 Å². The average Bonchev–Trinajstić information content (AvgIpc) is 2.28. The SMILES string of the molecule is CSC[C@](C)(O)CNC(=O)NC1CCCCC1. The van der Waals surface area contributed by atoms with Gasteiger partial charge < -0.3 is 15.7 Å². The molecule has 1 aliphatic carbocycles. The van der Waals surface area contributed by atoms with E-state index in [1.165, 1.54) is 19.3 Å². The van der Waals surface area contributed by atoms with Crippen LogP contribution in [0.2, 0.25) is 0 Å². The van der Waals surface area contributed by atoms with Crippen molar-refractivity contribution in [2.45, 2.75) is 50.7 Å². The molecule has 0 radical (unpaired) electrons. The molecule has 17 heavy (non-hydrogen) atoms. The van der Waals surface area contributed by atoms with Crippen molar-refractivity contribution >= 4 is 17.8 Å². The van der Waals surface area contributed by atoms with Crippen molar-refractivity contribution in [2.24, 2.45) is 0 Å². The predicted octanol–water partition coefficient (Wildman–Crippen LogP) is 1.73. The number of thioether (sulfide) groups is 1. The average molecular weight is 260 g/mol. The van der Waals surface area contributed by atoms with Crippen molar-refractivity contribution in [2.75, 3.05) is 18.6 Å². The van der Waals surface area contributed by atoms with E-state index >= 15 is 0 Å². The zero-order valence-electron chi connectivity index (χ0n) is 10.8.